The van der Waals surface area contributed by atoms with Gasteiger partial charge in [0.15, 0.2) is 0 Å². The van der Waals surface area contributed by atoms with Crippen LogP contribution in [0.1, 0.15) is 12.1 Å². The summed E-state index contributed by atoms with van der Waals surface area (Å²) in [5, 5.41) is 0. The van der Waals surface area contributed by atoms with Crippen molar-refractivity contribution in [2.75, 3.05) is 0 Å². The summed E-state index contributed by atoms with van der Waals surface area (Å²) in [7, 11) is 0. The Balaban J connectivity index is 2.72. The van der Waals surface area contributed by atoms with Crippen molar-refractivity contribution in [3.8, 4) is 0 Å². The maximum Gasteiger partial charge on any atom is 0.257 e. The number of hydrogen-bond acceptors (Lipinski definition) is 1. The van der Waals surface area contributed by atoms with E-state index in [1.165, 1.54) is 0 Å². The van der Waals surface area contributed by atoms with Gasteiger partial charge in [-0.2, -0.15) is 0 Å². The highest BCUT2D eigenvalue weighted by atomic mass is 16.1. The highest BCUT2D eigenvalue weighted by Gasteiger charge is 2.12. The molecule has 0 bridgehead atoms. The molecule has 0 saturated heterocycles. The van der Waals surface area contributed by atoms with Crippen molar-refractivity contribution in [1.29, 1.82) is 0 Å². The van der Waals surface area contributed by atoms with Crippen LogP contribution in [0.15, 0.2) is 16.9 Å². The van der Waals surface area contributed by atoms with Crippen LogP contribution in [0.25, 0.3) is 4.85 Å². The Morgan fingerprint density at radius 2 is 2.33 bits per heavy atom. The third kappa shape index (κ3) is 0.850. The van der Waals surface area contributed by atoms with Crippen molar-refractivity contribution in [3.05, 3.63) is 39.6 Å². The van der Waals surface area contributed by atoms with Gasteiger partial charge in [-0.15, -0.1) is 0 Å². The van der Waals surface area contributed by atoms with Gasteiger partial charge in [0.1, 0.15) is 0 Å². The minimum absolute atomic E-state index is 0.125. The van der Waals surface area contributed by atoms with Gasteiger partial charge in [-0.3, -0.25) is 4.79 Å². The van der Waals surface area contributed by atoms with Crippen molar-refractivity contribution >= 4 is 5.69 Å². The Morgan fingerprint density at radius 1 is 1.50 bits per heavy atom. The fourth-order valence-electron chi connectivity index (χ4n) is 1.57. The molecule has 0 fully saturated rings. The summed E-state index contributed by atoms with van der Waals surface area (Å²) >= 11 is 0. The van der Waals surface area contributed by atoms with Crippen LogP contribution in [-0.4, -0.2) is 4.57 Å². The first kappa shape index (κ1) is 7.11. The van der Waals surface area contributed by atoms with Gasteiger partial charge in [-0.1, -0.05) is 6.07 Å². The van der Waals surface area contributed by atoms with Gasteiger partial charge < -0.3 is 4.57 Å². The minimum atomic E-state index is -0.125. The second kappa shape index (κ2) is 2.49. The number of fused-ring (bicyclic) bond motifs is 1. The molecule has 0 radical (unpaired) electrons. The fourth-order valence-corrected chi connectivity index (χ4v) is 1.57. The zero-order valence-electron chi connectivity index (χ0n) is 6.58. The fraction of sp³-hybridized carbons (Fsp3) is 0.333. The quantitative estimate of drug-likeness (QED) is 0.526. The van der Waals surface area contributed by atoms with Crippen LogP contribution >= 0.6 is 0 Å². The molecule has 1 aliphatic rings. The lowest BCUT2D eigenvalue weighted by Gasteiger charge is -2.01. The van der Waals surface area contributed by atoms with Crippen LogP contribution in [-0.2, 0) is 13.0 Å². The molecule has 0 aromatic carbocycles. The molecule has 0 amide bonds. The van der Waals surface area contributed by atoms with Crippen molar-refractivity contribution in [1.82, 2.24) is 4.57 Å². The van der Waals surface area contributed by atoms with Crippen LogP contribution in [0.5, 0.6) is 0 Å². The van der Waals surface area contributed by atoms with E-state index in [9.17, 15) is 4.79 Å². The van der Waals surface area contributed by atoms with Gasteiger partial charge in [-0.05, 0) is 18.9 Å². The maximum absolute atomic E-state index is 11.4. The summed E-state index contributed by atoms with van der Waals surface area (Å²) in [6, 6.07) is 3.49. The number of nitrogens with zero attached hydrogens (tertiary/aromatic N) is 2. The summed E-state index contributed by atoms with van der Waals surface area (Å²) in [5.41, 5.74) is 1.17. The predicted octanol–water partition coefficient (Wildman–Crippen LogP) is 1.35. The lowest BCUT2D eigenvalue weighted by atomic mass is 10.3. The van der Waals surface area contributed by atoms with E-state index in [2.05, 4.69) is 4.85 Å². The molecule has 2 rings (SSSR count). The molecule has 0 saturated carbocycles. The van der Waals surface area contributed by atoms with Crippen molar-refractivity contribution in [2.45, 2.75) is 19.4 Å². The molecule has 3 nitrogen and oxygen atoms in total. The Labute approximate surface area is 70.1 Å². The molecule has 3 heteroatoms. The molecule has 0 aliphatic carbocycles. The van der Waals surface area contributed by atoms with Gasteiger partial charge in [0.25, 0.3) is 11.2 Å². The van der Waals surface area contributed by atoms with E-state index in [1.807, 2.05) is 6.07 Å². The predicted molar refractivity (Wildman–Crippen MR) is 45.3 cm³/mol. The van der Waals surface area contributed by atoms with E-state index < -0.39 is 0 Å². The molecule has 12 heavy (non-hydrogen) atoms. The Bertz CT molecular complexity index is 412. The van der Waals surface area contributed by atoms with E-state index in [4.69, 9.17) is 6.57 Å². The second-order valence-corrected chi connectivity index (χ2v) is 2.88. The zero-order valence-corrected chi connectivity index (χ0v) is 6.58. The van der Waals surface area contributed by atoms with Crippen molar-refractivity contribution in [2.24, 2.45) is 0 Å². The Hall–Kier alpha value is -1.56. The van der Waals surface area contributed by atoms with E-state index in [-0.39, 0.29) is 11.2 Å². The zero-order chi connectivity index (χ0) is 8.55. The molecule has 1 aromatic heterocycles. The highest BCUT2D eigenvalue weighted by Crippen LogP contribution is 2.14. The molecule has 0 atom stereocenters. The van der Waals surface area contributed by atoms with E-state index in [0.29, 0.717) is 0 Å². The van der Waals surface area contributed by atoms with E-state index in [1.54, 1.807) is 10.6 Å². The Kier molecular flexibility index (Phi) is 1.47. The number of rotatable bonds is 0. The summed E-state index contributed by atoms with van der Waals surface area (Å²) in [6.45, 7) is 7.53. The molecule has 0 N–H and O–H groups in total. The summed E-state index contributed by atoms with van der Waals surface area (Å²) in [5.74, 6) is 0. The first-order chi connectivity index (χ1) is 5.83. The highest BCUT2D eigenvalue weighted by molar-refractivity contribution is 5.42. The number of pyridine rings is 1. The van der Waals surface area contributed by atoms with Crippen LogP contribution in [0, 0.1) is 6.57 Å². The first-order valence-electron chi connectivity index (χ1n) is 3.93. The van der Waals surface area contributed by atoms with Gasteiger partial charge in [-0.25, -0.2) is 4.85 Å². The van der Waals surface area contributed by atoms with Crippen LogP contribution in [0.2, 0.25) is 0 Å². The van der Waals surface area contributed by atoms with Crippen LogP contribution in [0.4, 0.5) is 5.69 Å². The molecule has 1 aromatic rings. The standard InChI is InChI=1S/C9H8N2O/c1-10-8-5-4-7-3-2-6-11(7)9(8)12/h4-5H,2-3,6H2. The Morgan fingerprint density at radius 3 is 3.08 bits per heavy atom. The van der Waals surface area contributed by atoms with Crippen LogP contribution in [0.3, 0.4) is 0 Å². The topological polar surface area (TPSA) is 26.4 Å². The lowest BCUT2D eigenvalue weighted by Crippen LogP contribution is -2.17. The second-order valence-electron chi connectivity index (χ2n) is 2.88. The van der Waals surface area contributed by atoms with Gasteiger partial charge in [0, 0.05) is 12.2 Å². The normalized spacial score (nSPS) is 13.9. The average molecular weight is 160 g/mol. The maximum atomic E-state index is 11.4. The molecule has 0 unspecified atom stereocenters. The van der Waals surface area contributed by atoms with Gasteiger partial charge >= 0.3 is 0 Å². The third-order valence-electron chi connectivity index (χ3n) is 2.18. The van der Waals surface area contributed by atoms with E-state index in [0.717, 1.165) is 25.1 Å². The summed E-state index contributed by atoms with van der Waals surface area (Å²) < 4.78 is 1.70. The number of aromatic nitrogens is 1. The van der Waals surface area contributed by atoms with Crippen LogP contribution < -0.4 is 5.56 Å². The monoisotopic (exact) mass is 160 g/mol. The molecule has 0 spiro atoms. The molecule has 60 valence electrons. The molecular formula is C9H8N2O. The summed E-state index contributed by atoms with van der Waals surface area (Å²) in [6.07, 6.45) is 1.99. The third-order valence-corrected chi connectivity index (χ3v) is 2.18. The molecule has 1 aliphatic heterocycles. The van der Waals surface area contributed by atoms with Gasteiger partial charge in [0.05, 0.1) is 6.57 Å². The van der Waals surface area contributed by atoms with Crippen molar-refractivity contribution in [3.63, 3.8) is 0 Å². The molecular weight excluding hydrogens is 152 g/mol. The van der Waals surface area contributed by atoms with E-state index >= 15 is 0 Å². The average Bonchev–Trinajstić information content (AvgIpc) is 2.53. The minimum Gasteiger partial charge on any atom is -0.322 e. The molecule has 2 heterocycles. The number of aryl methyl sites for hydroxylation is 1. The lowest BCUT2D eigenvalue weighted by molar-refractivity contribution is 0.723. The smallest absolute Gasteiger partial charge is 0.257 e. The summed E-state index contributed by atoms with van der Waals surface area (Å²) in [4.78, 5) is 14.6. The largest absolute Gasteiger partial charge is 0.322 e. The van der Waals surface area contributed by atoms with Gasteiger partial charge in [0.2, 0.25) is 0 Å². The first-order valence-corrected chi connectivity index (χ1v) is 3.93. The SMILES string of the molecule is [C-]#[N+]c1ccc2n(c1=O)CCC2. The van der Waals surface area contributed by atoms with Crippen molar-refractivity contribution < 1.29 is 0 Å². The number of hydrogen-bond donors (Lipinski definition) is 0.